The largest absolute Gasteiger partial charge is 0.466 e. The van der Waals surface area contributed by atoms with Gasteiger partial charge in [-0.25, -0.2) is 9.78 Å². The van der Waals surface area contributed by atoms with E-state index in [-0.39, 0.29) is 17.9 Å². The summed E-state index contributed by atoms with van der Waals surface area (Å²) in [6.07, 6.45) is 5.85. The van der Waals surface area contributed by atoms with Crippen LogP contribution in [-0.4, -0.2) is 44.7 Å². The Balaban J connectivity index is 1.29. The maximum Gasteiger partial charge on any atom is 0.319 e. The zero-order chi connectivity index (χ0) is 24.8. The molecule has 2 aromatic heterocycles. The predicted molar refractivity (Wildman–Crippen MR) is 135 cm³/mol. The van der Waals surface area contributed by atoms with E-state index in [2.05, 4.69) is 32.6 Å². The van der Waals surface area contributed by atoms with Crippen LogP contribution in [0.3, 0.4) is 0 Å². The van der Waals surface area contributed by atoms with Crippen LogP contribution < -0.4 is 10.6 Å². The Morgan fingerprint density at radius 1 is 1.14 bits per heavy atom. The van der Waals surface area contributed by atoms with Gasteiger partial charge in [-0.15, -0.1) is 0 Å². The normalized spacial score (nSPS) is 17.8. The van der Waals surface area contributed by atoms with Crippen LogP contribution in [0.2, 0.25) is 0 Å². The molecule has 0 radical (unpaired) electrons. The summed E-state index contributed by atoms with van der Waals surface area (Å²) in [5.41, 5.74) is 2.83. The fraction of sp³-hybridized carbons (Fsp3) is 0.480. The van der Waals surface area contributed by atoms with E-state index >= 15 is 0 Å². The van der Waals surface area contributed by atoms with Gasteiger partial charge in [0, 0.05) is 28.4 Å². The van der Waals surface area contributed by atoms with Gasteiger partial charge in [0.1, 0.15) is 11.4 Å². The third-order valence-electron chi connectivity index (χ3n) is 6.38. The lowest BCUT2D eigenvalue weighted by Gasteiger charge is -2.27. The smallest absolute Gasteiger partial charge is 0.319 e. The first-order valence-electron chi connectivity index (χ1n) is 12.2. The number of benzene rings is 1. The van der Waals surface area contributed by atoms with Crippen molar-refractivity contribution in [2.45, 2.75) is 62.8 Å². The summed E-state index contributed by atoms with van der Waals surface area (Å²) in [6, 6.07) is 7.53. The summed E-state index contributed by atoms with van der Waals surface area (Å²) in [7, 11) is 0. The van der Waals surface area contributed by atoms with Crippen LogP contribution in [0.15, 0.2) is 40.5 Å². The van der Waals surface area contributed by atoms with E-state index in [1.807, 2.05) is 38.1 Å². The van der Waals surface area contributed by atoms with Gasteiger partial charge in [-0.3, -0.25) is 4.79 Å². The van der Waals surface area contributed by atoms with Crippen LogP contribution in [0.5, 0.6) is 0 Å². The van der Waals surface area contributed by atoms with Gasteiger partial charge in [0.2, 0.25) is 0 Å². The highest BCUT2D eigenvalue weighted by molar-refractivity contribution is 7.99. The van der Waals surface area contributed by atoms with Crippen LogP contribution in [0.4, 0.5) is 10.5 Å². The van der Waals surface area contributed by atoms with Crippen molar-refractivity contribution in [3.8, 4) is 0 Å². The number of amides is 2. The lowest BCUT2D eigenvalue weighted by Crippen LogP contribution is -2.35. The molecule has 1 aliphatic carbocycles. The highest BCUT2D eigenvalue weighted by atomic mass is 32.2. The van der Waals surface area contributed by atoms with Crippen molar-refractivity contribution in [3.05, 3.63) is 41.9 Å². The molecule has 0 saturated heterocycles. The molecule has 0 atom stereocenters. The van der Waals surface area contributed by atoms with E-state index in [0.29, 0.717) is 24.8 Å². The number of rotatable bonds is 8. The molecule has 4 rings (SSSR count). The molecule has 10 heteroatoms. The number of nitrogens with one attached hydrogen (secondary N) is 2. The van der Waals surface area contributed by atoms with E-state index in [1.54, 1.807) is 16.3 Å². The molecule has 2 amide bonds. The maximum atomic E-state index is 12.4. The Morgan fingerprint density at radius 3 is 2.57 bits per heavy atom. The number of hydrogen-bond acceptors (Lipinski definition) is 7. The van der Waals surface area contributed by atoms with Gasteiger partial charge in [0.25, 0.3) is 5.78 Å². The van der Waals surface area contributed by atoms with Crippen molar-refractivity contribution in [1.29, 1.82) is 0 Å². The summed E-state index contributed by atoms with van der Waals surface area (Å²) < 4.78 is 6.90. The number of fused-ring (bicyclic) bond motifs is 1. The van der Waals surface area contributed by atoms with Crippen LogP contribution in [0.25, 0.3) is 5.78 Å². The van der Waals surface area contributed by atoms with Crippen LogP contribution >= 0.6 is 11.8 Å². The SMILES string of the molecule is CCOC(=O)C1CCC(CNC(=O)Nc2ccc(Sc3c(CC)c(C)nc4ncnn34)cc2)CC1. The monoisotopic (exact) mass is 496 g/mol. The van der Waals surface area contributed by atoms with Crippen molar-refractivity contribution < 1.29 is 14.3 Å². The number of carbonyl (C=O) groups excluding carboxylic acids is 2. The first kappa shape index (κ1) is 25.0. The molecule has 0 aliphatic heterocycles. The van der Waals surface area contributed by atoms with E-state index in [4.69, 9.17) is 4.74 Å². The Labute approximate surface area is 209 Å². The molecule has 9 nitrogen and oxygen atoms in total. The molecule has 3 aromatic rings. The Morgan fingerprint density at radius 2 is 1.89 bits per heavy atom. The molecular formula is C25H32N6O3S. The summed E-state index contributed by atoms with van der Waals surface area (Å²) in [5.74, 6) is 0.887. The molecule has 0 bridgehead atoms. The van der Waals surface area contributed by atoms with Crippen molar-refractivity contribution in [2.24, 2.45) is 11.8 Å². The molecule has 2 heterocycles. The molecule has 0 unspecified atom stereocenters. The molecule has 1 fully saturated rings. The molecule has 1 aromatic carbocycles. The number of aryl methyl sites for hydroxylation is 1. The molecule has 1 aliphatic rings. The molecule has 35 heavy (non-hydrogen) atoms. The van der Waals surface area contributed by atoms with Crippen LogP contribution in [-0.2, 0) is 16.0 Å². The van der Waals surface area contributed by atoms with Gasteiger partial charge in [-0.2, -0.15) is 14.6 Å². The van der Waals surface area contributed by atoms with E-state index in [0.717, 1.165) is 59.0 Å². The number of urea groups is 1. The zero-order valence-electron chi connectivity index (χ0n) is 20.4. The van der Waals surface area contributed by atoms with Gasteiger partial charge >= 0.3 is 12.0 Å². The van der Waals surface area contributed by atoms with Gasteiger partial charge in [0.05, 0.1) is 12.5 Å². The number of hydrogen-bond donors (Lipinski definition) is 2. The van der Waals surface area contributed by atoms with Gasteiger partial charge in [-0.05, 0) is 76.1 Å². The van der Waals surface area contributed by atoms with E-state index in [1.165, 1.54) is 6.33 Å². The third-order valence-corrected chi connectivity index (χ3v) is 7.50. The Hall–Kier alpha value is -3.14. The maximum absolute atomic E-state index is 12.4. The zero-order valence-corrected chi connectivity index (χ0v) is 21.2. The minimum absolute atomic E-state index is 0.00142. The molecule has 0 spiro atoms. The third kappa shape index (κ3) is 6.11. The highest BCUT2D eigenvalue weighted by Gasteiger charge is 2.27. The lowest BCUT2D eigenvalue weighted by molar-refractivity contribution is -0.149. The van der Waals surface area contributed by atoms with Gasteiger partial charge in [-0.1, -0.05) is 18.7 Å². The molecule has 1 saturated carbocycles. The summed E-state index contributed by atoms with van der Waals surface area (Å²) in [6.45, 7) is 6.96. The van der Waals surface area contributed by atoms with E-state index in [9.17, 15) is 9.59 Å². The second-order valence-corrected chi connectivity index (χ2v) is 9.80. The number of carbonyl (C=O) groups is 2. The van der Waals surface area contributed by atoms with Crippen molar-refractivity contribution in [1.82, 2.24) is 24.9 Å². The predicted octanol–water partition coefficient (Wildman–Crippen LogP) is 4.64. The summed E-state index contributed by atoms with van der Waals surface area (Å²) in [4.78, 5) is 34.1. The van der Waals surface area contributed by atoms with Crippen LogP contribution in [0, 0.1) is 18.8 Å². The summed E-state index contributed by atoms with van der Waals surface area (Å²) >= 11 is 1.61. The molecule has 2 N–H and O–H groups in total. The standard InChI is InChI=1S/C25H32N6O3S/c1-4-21-16(3)29-24-27-15-28-31(24)22(21)35-20-12-10-19(11-13-20)30-25(33)26-14-17-6-8-18(9-7-17)23(32)34-5-2/h10-13,15,17-18H,4-9,14H2,1-3H3,(H2,26,30,33). The summed E-state index contributed by atoms with van der Waals surface area (Å²) in [5, 5.41) is 11.2. The molecular weight excluding hydrogens is 464 g/mol. The lowest BCUT2D eigenvalue weighted by atomic mass is 9.82. The fourth-order valence-corrected chi connectivity index (χ4v) is 5.59. The average molecular weight is 497 g/mol. The molecule has 186 valence electrons. The number of esters is 1. The second kappa shape index (κ2) is 11.5. The second-order valence-electron chi connectivity index (χ2n) is 8.74. The first-order chi connectivity index (χ1) is 17.0. The first-order valence-corrected chi connectivity index (χ1v) is 13.0. The van der Waals surface area contributed by atoms with E-state index < -0.39 is 0 Å². The van der Waals surface area contributed by atoms with Crippen molar-refractivity contribution >= 4 is 35.2 Å². The quantitative estimate of drug-likeness (QED) is 0.345. The number of aromatic nitrogens is 4. The van der Waals surface area contributed by atoms with Crippen LogP contribution in [0.1, 0.15) is 50.8 Å². The highest BCUT2D eigenvalue weighted by Crippen LogP contribution is 2.33. The van der Waals surface area contributed by atoms with Gasteiger partial charge < -0.3 is 15.4 Å². The minimum atomic E-state index is -0.222. The van der Waals surface area contributed by atoms with Crippen molar-refractivity contribution in [3.63, 3.8) is 0 Å². The Kier molecular flexibility index (Phi) is 8.22. The topological polar surface area (TPSA) is 111 Å². The van der Waals surface area contributed by atoms with Gasteiger partial charge in [0.15, 0.2) is 0 Å². The average Bonchev–Trinajstić information content (AvgIpc) is 3.33. The minimum Gasteiger partial charge on any atom is -0.466 e. The fourth-order valence-electron chi connectivity index (χ4n) is 4.46. The number of ether oxygens (including phenoxy) is 1. The Bertz CT molecular complexity index is 1170. The van der Waals surface area contributed by atoms with Crippen molar-refractivity contribution in [2.75, 3.05) is 18.5 Å². The number of anilines is 1. The number of nitrogens with zero attached hydrogens (tertiary/aromatic N) is 4.